The van der Waals surface area contributed by atoms with E-state index in [0.29, 0.717) is 0 Å². The molecular formula is C14H17NO2. The summed E-state index contributed by atoms with van der Waals surface area (Å²) < 4.78 is 4.46. The van der Waals surface area contributed by atoms with Gasteiger partial charge in [-0.15, -0.1) is 0 Å². The number of ether oxygens (including phenoxy) is 1. The number of esters is 1. The van der Waals surface area contributed by atoms with E-state index in [0.717, 1.165) is 6.42 Å². The summed E-state index contributed by atoms with van der Waals surface area (Å²) >= 11 is 0. The van der Waals surface area contributed by atoms with E-state index in [1.165, 1.54) is 18.7 Å². The molecule has 0 fully saturated rings. The molecule has 2 N–H and O–H groups in total. The Balaban J connectivity index is 2.39. The third-order valence-electron chi connectivity index (χ3n) is 2.22. The van der Waals surface area contributed by atoms with E-state index >= 15 is 0 Å². The number of carbonyl (C=O) groups excluding carboxylic acids is 1. The summed E-state index contributed by atoms with van der Waals surface area (Å²) in [5.74, 6) is -0.369. The van der Waals surface area contributed by atoms with Gasteiger partial charge in [-0.2, -0.15) is 0 Å². The Bertz CT molecular complexity index is 396. The first kappa shape index (κ1) is 13.2. The molecule has 90 valence electrons. The van der Waals surface area contributed by atoms with Crippen molar-refractivity contribution in [1.82, 2.24) is 0 Å². The lowest BCUT2D eigenvalue weighted by atomic mass is 10.1. The quantitative estimate of drug-likeness (QED) is 0.478. The van der Waals surface area contributed by atoms with Gasteiger partial charge >= 0.3 is 5.97 Å². The fourth-order valence-corrected chi connectivity index (χ4v) is 1.36. The molecule has 1 atom stereocenters. The monoisotopic (exact) mass is 231 g/mol. The van der Waals surface area contributed by atoms with Crippen LogP contribution in [0.2, 0.25) is 0 Å². The smallest absolute Gasteiger partial charge is 0.330 e. The van der Waals surface area contributed by atoms with E-state index in [4.69, 9.17) is 5.73 Å². The van der Waals surface area contributed by atoms with Crippen LogP contribution in [0.15, 0.2) is 54.6 Å². The summed E-state index contributed by atoms with van der Waals surface area (Å²) in [7, 11) is 1.34. The van der Waals surface area contributed by atoms with Gasteiger partial charge in [-0.25, -0.2) is 4.79 Å². The van der Waals surface area contributed by atoms with E-state index < -0.39 is 0 Å². The summed E-state index contributed by atoms with van der Waals surface area (Å²) in [6.45, 7) is 0. The molecule has 3 heteroatoms. The zero-order valence-electron chi connectivity index (χ0n) is 9.87. The third kappa shape index (κ3) is 5.68. The molecule has 0 aliphatic carbocycles. The first-order valence-corrected chi connectivity index (χ1v) is 5.44. The number of hydrogen-bond acceptors (Lipinski definition) is 3. The first-order valence-electron chi connectivity index (χ1n) is 5.44. The summed E-state index contributed by atoms with van der Waals surface area (Å²) in [5.41, 5.74) is 7.11. The minimum absolute atomic E-state index is 0.0558. The van der Waals surface area contributed by atoms with Gasteiger partial charge in [0.2, 0.25) is 0 Å². The van der Waals surface area contributed by atoms with E-state index in [-0.39, 0.29) is 12.0 Å². The van der Waals surface area contributed by atoms with E-state index in [1.807, 2.05) is 36.4 Å². The number of hydrogen-bond donors (Lipinski definition) is 1. The molecule has 0 amide bonds. The Morgan fingerprint density at radius 3 is 2.71 bits per heavy atom. The zero-order chi connectivity index (χ0) is 12.5. The Hall–Kier alpha value is -1.87. The molecule has 0 unspecified atom stereocenters. The maximum absolute atomic E-state index is 10.8. The van der Waals surface area contributed by atoms with Crippen molar-refractivity contribution in [2.75, 3.05) is 7.11 Å². The number of benzene rings is 1. The normalized spacial score (nSPS) is 13.1. The highest BCUT2D eigenvalue weighted by Crippen LogP contribution is 2.02. The molecule has 1 aromatic rings. The summed E-state index contributed by atoms with van der Waals surface area (Å²) in [5, 5.41) is 0. The zero-order valence-corrected chi connectivity index (χ0v) is 9.87. The molecule has 0 heterocycles. The van der Waals surface area contributed by atoms with Crippen LogP contribution in [-0.4, -0.2) is 19.1 Å². The highest BCUT2D eigenvalue weighted by Gasteiger charge is 1.98. The van der Waals surface area contributed by atoms with Crippen LogP contribution < -0.4 is 5.73 Å². The minimum atomic E-state index is -0.369. The van der Waals surface area contributed by atoms with Crippen molar-refractivity contribution in [2.24, 2.45) is 5.73 Å². The van der Waals surface area contributed by atoms with Crippen LogP contribution in [0.5, 0.6) is 0 Å². The van der Waals surface area contributed by atoms with Gasteiger partial charge in [0, 0.05) is 12.1 Å². The molecule has 0 aromatic heterocycles. The van der Waals surface area contributed by atoms with Crippen LogP contribution >= 0.6 is 0 Å². The van der Waals surface area contributed by atoms with Crippen LogP contribution in [0.3, 0.4) is 0 Å². The molecule has 1 aromatic carbocycles. The fraction of sp³-hybridized carbons (Fsp3) is 0.214. The summed E-state index contributed by atoms with van der Waals surface area (Å²) in [6, 6.07) is 9.98. The van der Waals surface area contributed by atoms with Crippen molar-refractivity contribution in [3.8, 4) is 0 Å². The topological polar surface area (TPSA) is 52.3 Å². The maximum Gasteiger partial charge on any atom is 0.330 e. The van der Waals surface area contributed by atoms with Gasteiger partial charge in [0.05, 0.1) is 7.11 Å². The molecule has 1 rings (SSSR count). The molecule has 0 saturated carbocycles. The third-order valence-corrected chi connectivity index (χ3v) is 2.22. The second kappa shape index (κ2) is 7.41. The van der Waals surface area contributed by atoms with Crippen molar-refractivity contribution >= 4 is 5.97 Å². The van der Waals surface area contributed by atoms with Crippen molar-refractivity contribution in [3.63, 3.8) is 0 Å². The molecule has 0 saturated heterocycles. The Morgan fingerprint density at radius 1 is 1.35 bits per heavy atom. The van der Waals surface area contributed by atoms with Gasteiger partial charge in [0.1, 0.15) is 0 Å². The molecule has 3 nitrogen and oxygen atoms in total. The van der Waals surface area contributed by atoms with Crippen molar-refractivity contribution in [2.45, 2.75) is 12.5 Å². The highest BCUT2D eigenvalue weighted by atomic mass is 16.5. The minimum Gasteiger partial charge on any atom is -0.466 e. The number of rotatable bonds is 5. The Morgan fingerprint density at radius 2 is 2.06 bits per heavy atom. The second-order valence-corrected chi connectivity index (χ2v) is 3.62. The highest BCUT2D eigenvalue weighted by molar-refractivity contribution is 5.82. The van der Waals surface area contributed by atoms with Gasteiger partial charge in [0.15, 0.2) is 0 Å². The summed E-state index contributed by atoms with van der Waals surface area (Å²) in [4.78, 5) is 10.8. The van der Waals surface area contributed by atoms with Gasteiger partial charge in [-0.3, -0.25) is 0 Å². The Labute approximate surface area is 102 Å². The first-order chi connectivity index (χ1) is 8.22. The SMILES string of the molecule is COC(=O)/C=C/C=C/[C@@H](N)Cc1ccccc1. The van der Waals surface area contributed by atoms with Crippen molar-refractivity contribution < 1.29 is 9.53 Å². The lowest BCUT2D eigenvalue weighted by molar-refractivity contribution is -0.134. The van der Waals surface area contributed by atoms with Gasteiger partial charge < -0.3 is 10.5 Å². The van der Waals surface area contributed by atoms with Gasteiger partial charge in [-0.05, 0) is 12.0 Å². The molecule has 0 aliphatic rings. The maximum atomic E-state index is 10.8. The van der Waals surface area contributed by atoms with Gasteiger partial charge in [-0.1, -0.05) is 48.6 Å². The molecule has 0 bridgehead atoms. The Kier molecular flexibility index (Phi) is 5.75. The molecule has 0 aliphatic heterocycles. The average Bonchev–Trinajstić information content (AvgIpc) is 2.35. The number of nitrogens with two attached hydrogens (primary N) is 1. The van der Waals surface area contributed by atoms with Gasteiger partial charge in [0.25, 0.3) is 0 Å². The number of carbonyl (C=O) groups is 1. The number of methoxy groups -OCH3 is 1. The van der Waals surface area contributed by atoms with E-state index in [1.54, 1.807) is 12.2 Å². The second-order valence-electron chi connectivity index (χ2n) is 3.62. The average molecular weight is 231 g/mol. The molecule has 0 spiro atoms. The van der Waals surface area contributed by atoms with Crippen LogP contribution in [0, 0.1) is 0 Å². The predicted molar refractivity (Wildman–Crippen MR) is 68.4 cm³/mol. The largest absolute Gasteiger partial charge is 0.466 e. The molecular weight excluding hydrogens is 214 g/mol. The molecule has 17 heavy (non-hydrogen) atoms. The van der Waals surface area contributed by atoms with Crippen LogP contribution in [0.4, 0.5) is 0 Å². The standard InChI is InChI=1S/C14H17NO2/c1-17-14(16)10-6-5-9-13(15)11-12-7-3-2-4-8-12/h2-10,13H,11,15H2,1H3/b9-5+,10-6+/t13-/m1/s1. The van der Waals surface area contributed by atoms with Crippen LogP contribution in [0.1, 0.15) is 5.56 Å². The number of allylic oxidation sites excluding steroid dienone is 2. The predicted octanol–water partition coefficient (Wildman–Crippen LogP) is 1.84. The fourth-order valence-electron chi connectivity index (χ4n) is 1.36. The lowest BCUT2D eigenvalue weighted by Gasteiger charge is -2.05. The van der Waals surface area contributed by atoms with Crippen molar-refractivity contribution in [1.29, 1.82) is 0 Å². The van der Waals surface area contributed by atoms with E-state index in [9.17, 15) is 4.79 Å². The summed E-state index contributed by atoms with van der Waals surface area (Å²) in [6.07, 6.45) is 7.36. The molecule has 0 radical (unpaired) electrons. The van der Waals surface area contributed by atoms with Crippen LogP contribution in [-0.2, 0) is 16.0 Å². The van der Waals surface area contributed by atoms with E-state index in [2.05, 4.69) is 4.74 Å². The lowest BCUT2D eigenvalue weighted by Crippen LogP contribution is -2.19. The van der Waals surface area contributed by atoms with Crippen molar-refractivity contribution in [3.05, 3.63) is 60.2 Å². The van der Waals surface area contributed by atoms with Crippen LogP contribution in [0.25, 0.3) is 0 Å².